The van der Waals surface area contributed by atoms with Crippen LogP contribution in [0.1, 0.15) is 16.5 Å². The number of benzene rings is 1. The summed E-state index contributed by atoms with van der Waals surface area (Å²) in [6.45, 7) is 0. The molecule has 2 aromatic rings. The van der Waals surface area contributed by atoms with Gasteiger partial charge in [-0.05, 0) is 52.2 Å². The van der Waals surface area contributed by atoms with Gasteiger partial charge in [0, 0.05) is 25.2 Å². The second kappa shape index (κ2) is 6.19. The number of thiophene rings is 1. The van der Waals surface area contributed by atoms with Crippen LogP contribution in [0.2, 0.25) is 0 Å². The van der Waals surface area contributed by atoms with Crippen LogP contribution in [0.25, 0.3) is 0 Å². The maximum atomic E-state index is 6.23. The highest BCUT2D eigenvalue weighted by molar-refractivity contribution is 9.10. The minimum Gasteiger partial charge on any atom is -0.496 e. The van der Waals surface area contributed by atoms with Crippen LogP contribution in [-0.2, 0) is 6.42 Å². The van der Waals surface area contributed by atoms with Crippen LogP contribution < -0.4 is 10.5 Å². The quantitative estimate of drug-likeness (QED) is 0.832. The van der Waals surface area contributed by atoms with Crippen LogP contribution >= 0.6 is 43.2 Å². The second-order valence-corrected chi connectivity index (χ2v) is 6.71. The molecule has 0 amide bonds. The van der Waals surface area contributed by atoms with Gasteiger partial charge in [-0.2, -0.15) is 0 Å². The summed E-state index contributed by atoms with van der Waals surface area (Å²) in [5.41, 5.74) is 7.35. The van der Waals surface area contributed by atoms with Gasteiger partial charge >= 0.3 is 0 Å². The van der Waals surface area contributed by atoms with Crippen LogP contribution in [0, 0.1) is 0 Å². The summed E-state index contributed by atoms with van der Waals surface area (Å²) >= 11 is 8.59. The van der Waals surface area contributed by atoms with Crippen molar-refractivity contribution in [1.82, 2.24) is 0 Å². The number of hydrogen-bond donors (Lipinski definition) is 1. The molecule has 18 heavy (non-hydrogen) atoms. The average molecular weight is 391 g/mol. The summed E-state index contributed by atoms with van der Waals surface area (Å²) in [6, 6.07) is 8.04. The first-order valence-corrected chi connectivity index (χ1v) is 7.88. The highest BCUT2D eigenvalue weighted by Gasteiger charge is 2.13. The van der Waals surface area contributed by atoms with E-state index in [1.54, 1.807) is 18.4 Å². The van der Waals surface area contributed by atoms with Gasteiger partial charge in [-0.1, -0.05) is 15.9 Å². The van der Waals surface area contributed by atoms with Gasteiger partial charge in [-0.25, -0.2) is 0 Å². The van der Waals surface area contributed by atoms with Crippen LogP contribution in [0.5, 0.6) is 5.75 Å². The molecule has 0 bridgehead atoms. The fraction of sp³-hybridized carbons (Fsp3) is 0.231. The number of halogens is 2. The molecule has 1 unspecified atom stereocenters. The van der Waals surface area contributed by atoms with Gasteiger partial charge in [0.05, 0.1) is 7.11 Å². The summed E-state index contributed by atoms with van der Waals surface area (Å²) in [6.07, 6.45) is 0.759. The van der Waals surface area contributed by atoms with E-state index in [-0.39, 0.29) is 6.04 Å². The zero-order valence-electron chi connectivity index (χ0n) is 9.82. The van der Waals surface area contributed by atoms with Crippen molar-refractivity contribution < 1.29 is 4.74 Å². The minimum absolute atomic E-state index is 0.00972. The Morgan fingerprint density at radius 3 is 2.67 bits per heavy atom. The summed E-state index contributed by atoms with van der Waals surface area (Å²) in [5, 5.41) is 2.05. The molecule has 2 rings (SSSR count). The van der Waals surface area contributed by atoms with E-state index in [9.17, 15) is 0 Å². The summed E-state index contributed by atoms with van der Waals surface area (Å²) in [7, 11) is 1.68. The zero-order valence-corrected chi connectivity index (χ0v) is 13.8. The number of rotatable bonds is 4. The van der Waals surface area contributed by atoms with Crippen LogP contribution in [0.3, 0.4) is 0 Å². The molecular formula is C13H13Br2NOS. The molecule has 0 fully saturated rings. The molecule has 0 radical (unpaired) electrons. The fourth-order valence-corrected chi connectivity index (χ4v) is 3.62. The molecule has 2 nitrogen and oxygen atoms in total. The molecule has 96 valence electrons. The average Bonchev–Trinajstić information content (AvgIpc) is 2.76. The molecule has 5 heteroatoms. The number of nitrogens with two attached hydrogens (primary N) is 1. The van der Waals surface area contributed by atoms with Crippen molar-refractivity contribution in [3.63, 3.8) is 0 Å². The first-order chi connectivity index (χ1) is 8.60. The lowest BCUT2D eigenvalue weighted by Gasteiger charge is -2.13. The summed E-state index contributed by atoms with van der Waals surface area (Å²) in [5.74, 6) is 0.879. The van der Waals surface area contributed by atoms with Crippen molar-refractivity contribution in [3.05, 3.63) is 49.0 Å². The molecule has 1 heterocycles. The Kier molecular flexibility index (Phi) is 4.84. The molecule has 0 saturated carbocycles. The molecular weight excluding hydrogens is 378 g/mol. The van der Waals surface area contributed by atoms with Crippen LogP contribution in [0.4, 0.5) is 0 Å². The van der Waals surface area contributed by atoms with E-state index in [4.69, 9.17) is 10.5 Å². The van der Waals surface area contributed by atoms with Crippen LogP contribution in [0.15, 0.2) is 38.6 Å². The number of ether oxygens (including phenoxy) is 1. The van der Waals surface area contributed by atoms with Crippen molar-refractivity contribution in [2.45, 2.75) is 12.5 Å². The van der Waals surface area contributed by atoms with Gasteiger partial charge in [0.25, 0.3) is 0 Å². The topological polar surface area (TPSA) is 35.2 Å². The van der Waals surface area contributed by atoms with E-state index in [1.807, 2.05) is 17.5 Å². The monoisotopic (exact) mass is 389 g/mol. The van der Waals surface area contributed by atoms with E-state index >= 15 is 0 Å². The summed E-state index contributed by atoms with van der Waals surface area (Å²) < 4.78 is 7.48. The molecule has 0 aliphatic carbocycles. The lowest BCUT2D eigenvalue weighted by atomic mass is 10.0. The SMILES string of the molecule is COc1ccc(Br)cc1CC(N)c1cc(Br)cs1. The zero-order chi connectivity index (χ0) is 13.1. The molecule has 1 atom stereocenters. The van der Waals surface area contributed by atoms with Gasteiger partial charge in [-0.15, -0.1) is 11.3 Å². The molecule has 0 spiro atoms. The Labute approximate surface area is 127 Å². The Hall–Kier alpha value is -0.360. The van der Waals surface area contributed by atoms with E-state index in [0.717, 1.165) is 26.7 Å². The third-order valence-electron chi connectivity index (χ3n) is 2.64. The van der Waals surface area contributed by atoms with Crippen LogP contribution in [-0.4, -0.2) is 7.11 Å². The van der Waals surface area contributed by atoms with E-state index in [1.165, 1.54) is 4.88 Å². The molecule has 0 aliphatic rings. The smallest absolute Gasteiger partial charge is 0.122 e. The molecule has 1 aromatic heterocycles. The Bertz CT molecular complexity index is 542. The highest BCUT2D eigenvalue weighted by atomic mass is 79.9. The van der Waals surface area contributed by atoms with Gasteiger partial charge < -0.3 is 10.5 Å². The first kappa shape index (κ1) is 14.1. The summed E-state index contributed by atoms with van der Waals surface area (Å²) in [4.78, 5) is 1.17. The predicted molar refractivity (Wildman–Crippen MR) is 83.3 cm³/mol. The standard InChI is InChI=1S/C13H13Br2NOS/c1-17-12-3-2-9(14)4-8(12)5-11(16)13-6-10(15)7-18-13/h2-4,6-7,11H,5,16H2,1H3. The third kappa shape index (κ3) is 3.35. The molecule has 2 N–H and O–H groups in total. The second-order valence-electron chi connectivity index (χ2n) is 3.93. The van der Waals surface area contributed by atoms with E-state index in [0.29, 0.717) is 0 Å². The van der Waals surface area contributed by atoms with Crippen molar-refractivity contribution in [3.8, 4) is 5.75 Å². The van der Waals surface area contributed by atoms with Crippen molar-refractivity contribution in [2.24, 2.45) is 5.73 Å². The fourth-order valence-electron chi connectivity index (χ4n) is 1.77. The largest absolute Gasteiger partial charge is 0.496 e. The molecule has 0 saturated heterocycles. The van der Waals surface area contributed by atoms with Gasteiger partial charge in [0.15, 0.2) is 0 Å². The third-order valence-corrected chi connectivity index (χ3v) is 4.95. The maximum absolute atomic E-state index is 6.23. The number of hydrogen-bond acceptors (Lipinski definition) is 3. The van der Waals surface area contributed by atoms with Gasteiger partial charge in [-0.3, -0.25) is 0 Å². The van der Waals surface area contributed by atoms with E-state index < -0.39 is 0 Å². The minimum atomic E-state index is -0.00972. The Balaban J connectivity index is 2.20. The van der Waals surface area contributed by atoms with E-state index in [2.05, 4.69) is 44.0 Å². The molecule has 0 aliphatic heterocycles. The lowest BCUT2D eigenvalue weighted by molar-refractivity contribution is 0.408. The van der Waals surface area contributed by atoms with Crippen molar-refractivity contribution in [1.29, 1.82) is 0 Å². The number of methoxy groups -OCH3 is 1. The van der Waals surface area contributed by atoms with Crippen molar-refractivity contribution >= 4 is 43.2 Å². The lowest BCUT2D eigenvalue weighted by Crippen LogP contribution is -2.12. The Morgan fingerprint density at radius 1 is 1.28 bits per heavy atom. The molecule has 1 aromatic carbocycles. The van der Waals surface area contributed by atoms with Gasteiger partial charge in [0.1, 0.15) is 5.75 Å². The Morgan fingerprint density at radius 2 is 2.06 bits per heavy atom. The first-order valence-electron chi connectivity index (χ1n) is 5.42. The highest BCUT2D eigenvalue weighted by Crippen LogP contribution is 2.30. The van der Waals surface area contributed by atoms with Gasteiger partial charge in [0.2, 0.25) is 0 Å². The van der Waals surface area contributed by atoms with Crippen molar-refractivity contribution in [2.75, 3.05) is 7.11 Å². The maximum Gasteiger partial charge on any atom is 0.122 e. The normalized spacial score (nSPS) is 12.4. The predicted octanol–water partition coefficient (Wildman–Crippen LogP) is 4.52.